The summed E-state index contributed by atoms with van der Waals surface area (Å²) in [5.74, 6) is 0.798. The van der Waals surface area contributed by atoms with Crippen LogP contribution in [0.25, 0.3) is 11.2 Å². The predicted octanol–water partition coefficient (Wildman–Crippen LogP) is 2.62. The fourth-order valence-electron chi connectivity index (χ4n) is 1.57. The summed E-state index contributed by atoms with van der Waals surface area (Å²) >= 11 is 4.85. The fraction of sp³-hybridized carbons (Fsp3) is 0.182. The molecule has 3 aromatic heterocycles. The first-order valence-electron chi connectivity index (χ1n) is 5.61. The van der Waals surface area contributed by atoms with Gasteiger partial charge in [-0.3, -0.25) is 0 Å². The van der Waals surface area contributed by atoms with Crippen LogP contribution in [0.1, 0.15) is 12.7 Å². The largest absolute Gasteiger partial charge is 0.341 e. The summed E-state index contributed by atoms with van der Waals surface area (Å²) in [5, 5.41) is 1.64. The maximum Gasteiger partial charge on any atom is 0.181 e. The van der Waals surface area contributed by atoms with Crippen molar-refractivity contribution < 1.29 is 0 Å². The van der Waals surface area contributed by atoms with Gasteiger partial charge in [0, 0.05) is 12.5 Å². The van der Waals surface area contributed by atoms with Crippen molar-refractivity contribution in [2.24, 2.45) is 0 Å². The van der Waals surface area contributed by atoms with Gasteiger partial charge in [0.15, 0.2) is 5.65 Å². The Morgan fingerprint density at radius 3 is 3.00 bits per heavy atom. The summed E-state index contributed by atoms with van der Waals surface area (Å²) in [6.07, 6.45) is 3.90. The van der Waals surface area contributed by atoms with Crippen LogP contribution in [0.15, 0.2) is 33.4 Å². The molecule has 0 unspecified atom stereocenters. The standard InChI is InChI=1S/C11H9BrN6S/c1-2-7-17-6(12)3-8(18-7)19-11-9-10(14-4-13-9)15-5-16-11/h3-5H,2H2,1H3,(H,13,14,15,16). The highest BCUT2D eigenvalue weighted by molar-refractivity contribution is 9.10. The van der Waals surface area contributed by atoms with E-state index in [0.717, 1.165) is 32.4 Å². The number of aromatic nitrogens is 6. The molecule has 0 aliphatic carbocycles. The zero-order chi connectivity index (χ0) is 13.2. The second-order valence-electron chi connectivity index (χ2n) is 3.68. The lowest BCUT2D eigenvalue weighted by Gasteiger charge is -2.03. The summed E-state index contributed by atoms with van der Waals surface area (Å²) in [6, 6.07) is 1.87. The Hall–Kier alpha value is -1.54. The number of rotatable bonds is 3. The highest BCUT2D eigenvalue weighted by atomic mass is 79.9. The third-order valence-corrected chi connectivity index (χ3v) is 3.75. The van der Waals surface area contributed by atoms with E-state index in [1.165, 1.54) is 18.1 Å². The van der Waals surface area contributed by atoms with Gasteiger partial charge in [-0.1, -0.05) is 6.92 Å². The average molecular weight is 337 g/mol. The van der Waals surface area contributed by atoms with Gasteiger partial charge in [-0.2, -0.15) is 0 Å². The molecule has 0 saturated heterocycles. The number of H-pyrrole nitrogens is 1. The zero-order valence-electron chi connectivity index (χ0n) is 9.96. The molecule has 3 rings (SSSR count). The van der Waals surface area contributed by atoms with Crippen molar-refractivity contribution in [3.05, 3.63) is 29.1 Å². The molecule has 0 saturated carbocycles. The molecule has 96 valence electrons. The molecule has 0 fully saturated rings. The van der Waals surface area contributed by atoms with Crippen molar-refractivity contribution in [2.75, 3.05) is 0 Å². The van der Waals surface area contributed by atoms with Gasteiger partial charge in [-0.05, 0) is 27.7 Å². The van der Waals surface area contributed by atoms with Crippen LogP contribution in [-0.2, 0) is 6.42 Å². The Morgan fingerprint density at radius 1 is 1.26 bits per heavy atom. The number of fused-ring (bicyclic) bond motifs is 1. The van der Waals surface area contributed by atoms with Gasteiger partial charge in [0.1, 0.15) is 32.3 Å². The lowest BCUT2D eigenvalue weighted by Crippen LogP contribution is -1.95. The number of halogens is 1. The monoisotopic (exact) mass is 336 g/mol. The van der Waals surface area contributed by atoms with E-state index in [1.807, 2.05) is 13.0 Å². The highest BCUT2D eigenvalue weighted by Gasteiger charge is 2.10. The van der Waals surface area contributed by atoms with Crippen LogP contribution in [0, 0.1) is 0 Å². The van der Waals surface area contributed by atoms with Crippen molar-refractivity contribution in [1.82, 2.24) is 29.9 Å². The van der Waals surface area contributed by atoms with Gasteiger partial charge in [0.05, 0.1) is 6.33 Å². The van der Waals surface area contributed by atoms with E-state index in [2.05, 4.69) is 45.8 Å². The fourth-order valence-corrected chi connectivity index (χ4v) is 3.02. The first-order chi connectivity index (χ1) is 9.26. The Morgan fingerprint density at radius 2 is 2.16 bits per heavy atom. The second kappa shape index (κ2) is 5.22. The third-order valence-electron chi connectivity index (χ3n) is 2.42. The second-order valence-corrected chi connectivity index (χ2v) is 5.50. The number of imidazole rings is 1. The Labute approximate surface area is 121 Å². The minimum Gasteiger partial charge on any atom is -0.341 e. The molecule has 0 radical (unpaired) electrons. The number of aromatic amines is 1. The van der Waals surface area contributed by atoms with E-state index in [-0.39, 0.29) is 0 Å². The van der Waals surface area contributed by atoms with E-state index in [4.69, 9.17) is 0 Å². The maximum absolute atomic E-state index is 4.47. The minimum atomic E-state index is 0.654. The van der Waals surface area contributed by atoms with Crippen molar-refractivity contribution in [2.45, 2.75) is 23.4 Å². The molecule has 0 spiro atoms. The zero-order valence-corrected chi connectivity index (χ0v) is 12.4. The smallest absolute Gasteiger partial charge is 0.181 e. The van der Waals surface area contributed by atoms with Gasteiger partial charge in [0.2, 0.25) is 0 Å². The van der Waals surface area contributed by atoms with Crippen LogP contribution < -0.4 is 0 Å². The van der Waals surface area contributed by atoms with Crippen molar-refractivity contribution >= 4 is 38.9 Å². The quantitative estimate of drug-likeness (QED) is 0.740. The van der Waals surface area contributed by atoms with E-state index in [9.17, 15) is 0 Å². The topological polar surface area (TPSA) is 80.2 Å². The Balaban J connectivity index is 2.01. The summed E-state index contributed by atoms with van der Waals surface area (Å²) in [4.78, 5) is 24.3. The third kappa shape index (κ3) is 2.59. The van der Waals surface area contributed by atoms with Gasteiger partial charge >= 0.3 is 0 Å². The number of aryl methyl sites for hydroxylation is 1. The Kier molecular flexibility index (Phi) is 3.43. The number of hydrogen-bond acceptors (Lipinski definition) is 6. The number of hydrogen-bond donors (Lipinski definition) is 1. The normalized spacial score (nSPS) is 11.1. The summed E-state index contributed by atoms with van der Waals surface area (Å²) in [7, 11) is 0. The Bertz CT molecular complexity index is 728. The molecule has 0 aromatic carbocycles. The van der Waals surface area contributed by atoms with Crippen LogP contribution in [0.5, 0.6) is 0 Å². The lowest BCUT2D eigenvalue weighted by atomic mass is 10.4. The minimum absolute atomic E-state index is 0.654. The molecule has 3 heterocycles. The molecule has 0 amide bonds. The first kappa shape index (κ1) is 12.5. The molecule has 0 bridgehead atoms. The SMILES string of the molecule is CCc1nc(Br)cc(Sc2ncnc3nc[nH]c23)n1. The van der Waals surface area contributed by atoms with Crippen molar-refractivity contribution in [3.8, 4) is 0 Å². The van der Waals surface area contributed by atoms with Crippen LogP contribution in [0.3, 0.4) is 0 Å². The summed E-state index contributed by atoms with van der Waals surface area (Å²) < 4.78 is 0.775. The van der Waals surface area contributed by atoms with Crippen LogP contribution >= 0.6 is 27.7 Å². The molecule has 6 nitrogen and oxygen atoms in total. The molecule has 19 heavy (non-hydrogen) atoms. The molecule has 3 aromatic rings. The molecular weight excluding hydrogens is 328 g/mol. The van der Waals surface area contributed by atoms with Gasteiger partial charge in [-0.15, -0.1) is 0 Å². The highest BCUT2D eigenvalue weighted by Crippen LogP contribution is 2.29. The van der Waals surface area contributed by atoms with E-state index < -0.39 is 0 Å². The number of nitrogens with one attached hydrogen (secondary N) is 1. The van der Waals surface area contributed by atoms with Gasteiger partial charge in [-0.25, -0.2) is 24.9 Å². The molecule has 0 aliphatic rings. The lowest BCUT2D eigenvalue weighted by molar-refractivity contribution is 0.876. The molecule has 1 N–H and O–H groups in total. The van der Waals surface area contributed by atoms with E-state index in [1.54, 1.807) is 6.33 Å². The van der Waals surface area contributed by atoms with Crippen LogP contribution in [0.2, 0.25) is 0 Å². The molecule has 8 heteroatoms. The molecule has 0 aliphatic heterocycles. The first-order valence-corrected chi connectivity index (χ1v) is 7.22. The van der Waals surface area contributed by atoms with Crippen molar-refractivity contribution in [1.29, 1.82) is 0 Å². The van der Waals surface area contributed by atoms with Crippen LogP contribution in [0.4, 0.5) is 0 Å². The molecule has 0 atom stereocenters. The van der Waals surface area contributed by atoms with E-state index in [0.29, 0.717) is 5.65 Å². The van der Waals surface area contributed by atoms with Gasteiger partial charge in [0.25, 0.3) is 0 Å². The summed E-state index contributed by atoms with van der Waals surface area (Å²) in [6.45, 7) is 2.02. The van der Waals surface area contributed by atoms with E-state index >= 15 is 0 Å². The molecular formula is C11H9BrN6S. The average Bonchev–Trinajstić information content (AvgIpc) is 2.87. The predicted molar refractivity (Wildman–Crippen MR) is 74.9 cm³/mol. The van der Waals surface area contributed by atoms with Gasteiger partial charge < -0.3 is 4.98 Å². The summed E-state index contributed by atoms with van der Waals surface area (Å²) in [5.41, 5.74) is 1.47. The van der Waals surface area contributed by atoms with Crippen LogP contribution in [-0.4, -0.2) is 29.9 Å². The van der Waals surface area contributed by atoms with Crippen molar-refractivity contribution in [3.63, 3.8) is 0 Å². The number of nitrogens with zero attached hydrogens (tertiary/aromatic N) is 5. The maximum atomic E-state index is 4.47.